The zero-order valence-electron chi connectivity index (χ0n) is 35.4. The van der Waals surface area contributed by atoms with Gasteiger partial charge in [-0.05, 0) is 64.2 Å². The predicted octanol–water partition coefficient (Wildman–Crippen LogP) is 8.56. The van der Waals surface area contributed by atoms with Crippen molar-refractivity contribution in [1.82, 2.24) is 0 Å². The fourth-order valence-electron chi connectivity index (χ4n) is 6.21. The molecule has 58 heavy (non-hydrogen) atoms. The Morgan fingerprint density at radius 3 is 1.69 bits per heavy atom. The van der Waals surface area contributed by atoms with Crippen molar-refractivity contribution in [2.45, 2.75) is 192 Å². The number of rotatable bonds is 35. The summed E-state index contributed by atoms with van der Waals surface area (Å²) in [6.45, 7) is 3.56. The van der Waals surface area contributed by atoms with Crippen LogP contribution in [-0.4, -0.2) is 96.0 Å². The highest BCUT2D eigenvalue weighted by molar-refractivity contribution is 7.85. The number of carbonyl (C=O) groups is 2. The summed E-state index contributed by atoms with van der Waals surface area (Å²) in [5.74, 6) is -2.10. The van der Waals surface area contributed by atoms with E-state index in [9.17, 15) is 37.9 Å². The van der Waals surface area contributed by atoms with Gasteiger partial charge in [0.2, 0.25) is 0 Å². The molecule has 1 saturated heterocycles. The molecule has 6 atom stereocenters. The third-order valence-corrected chi connectivity index (χ3v) is 10.3. The van der Waals surface area contributed by atoms with E-state index in [1.54, 1.807) is 0 Å². The van der Waals surface area contributed by atoms with Crippen LogP contribution in [0.1, 0.15) is 155 Å². The smallest absolute Gasteiger partial charge is 0.306 e. The molecule has 0 aromatic rings. The molecule has 1 aliphatic rings. The average molecular weight is 841 g/mol. The summed E-state index contributed by atoms with van der Waals surface area (Å²) in [6, 6.07) is 0. The van der Waals surface area contributed by atoms with Gasteiger partial charge in [-0.3, -0.25) is 14.1 Å². The van der Waals surface area contributed by atoms with E-state index in [1.807, 2.05) is 18.2 Å². The van der Waals surface area contributed by atoms with E-state index in [4.69, 9.17) is 18.9 Å². The van der Waals surface area contributed by atoms with E-state index in [0.717, 1.165) is 51.4 Å². The zero-order chi connectivity index (χ0) is 42.7. The molecule has 0 amide bonds. The molecule has 1 aliphatic heterocycles. The van der Waals surface area contributed by atoms with Crippen LogP contribution in [0.15, 0.2) is 60.8 Å². The van der Waals surface area contributed by atoms with E-state index in [2.05, 4.69) is 56.4 Å². The maximum atomic E-state index is 12.7. The Morgan fingerprint density at radius 1 is 0.603 bits per heavy atom. The number of aliphatic hydroxyl groups is 3. The molecule has 0 radical (unpaired) electrons. The van der Waals surface area contributed by atoms with Crippen molar-refractivity contribution in [2.24, 2.45) is 0 Å². The molecule has 6 unspecified atom stereocenters. The molecular weight excluding hydrogens is 765 g/mol. The number of carbonyl (C=O) groups excluding carboxylic acids is 2. The lowest BCUT2D eigenvalue weighted by atomic mass is 10.00. The summed E-state index contributed by atoms with van der Waals surface area (Å²) in [7, 11) is -4.61. The van der Waals surface area contributed by atoms with E-state index >= 15 is 0 Å². The van der Waals surface area contributed by atoms with Crippen LogP contribution in [0.3, 0.4) is 0 Å². The molecule has 0 aliphatic carbocycles. The quantitative estimate of drug-likeness (QED) is 0.0207. The topological polar surface area (TPSA) is 186 Å². The highest BCUT2D eigenvalue weighted by Gasteiger charge is 2.46. The van der Waals surface area contributed by atoms with Gasteiger partial charge < -0.3 is 34.3 Å². The van der Waals surface area contributed by atoms with Gasteiger partial charge in [-0.1, -0.05) is 139 Å². The molecule has 4 N–H and O–H groups in total. The predicted molar refractivity (Wildman–Crippen MR) is 229 cm³/mol. The lowest BCUT2D eigenvalue weighted by Gasteiger charge is -2.40. The first-order valence-electron chi connectivity index (χ1n) is 21.8. The molecule has 1 rings (SSSR count). The first kappa shape index (κ1) is 53.4. The van der Waals surface area contributed by atoms with Gasteiger partial charge in [0.25, 0.3) is 10.1 Å². The first-order chi connectivity index (χ1) is 28.0. The highest BCUT2D eigenvalue weighted by atomic mass is 32.2. The van der Waals surface area contributed by atoms with Crippen LogP contribution in [0.25, 0.3) is 0 Å². The highest BCUT2D eigenvalue weighted by Crippen LogP contribution is 2.24. The van der Waals surface area contributed by atoms with Crippen LogP contribution < -0.4 is 0 Å². The third-order valence-electron chi connectivity index (χ3n) is 9.59. The van der Waals surface area contributed by atoms with E-state index < -0.39 is 71.2 Å². The second-order valence-electron chi connectivity index (χ2n) is 15.0. The van der Waals surface area contributed by atoms with Gasteiger partial charge in [0.15, 0.2) is 12.4 Å². The van der Waals surface area contributed by atoms with Crippen LogP contribution >= 0.6 is 0 Å². The Hall–Kier alpha value is -2.65. The monoisotopic (exact) mass is 841 g/mol. The number of aliphatic hydroxyl groups excluding tert-OH is 3. The van der Waals surface area contributed by atoms with Crippen LogP contribution in [0.5, 0.6) is 0 Å². The standard InChI is InChI=1S/C45H76O12S/c1-3-5-7-9-11-13-15-17-18-19-20-22-23-25-27-29-31-33-40(46)54-35-38(36-55-45-44(50)43(49)42(48)39(57-45)37-58(51,52)53)56-41(47)34-32-30-28-26-24-21-16-14-12-10-8-6-4-2/h6,8,12,14,17-18,21,24,28,30,38-39,42-45,48-50H,3-5,7,9-11,13,15-16,19-20,22-23,25-27,29,31-37H2,1-2H3,(H,51,52,53)/b8-6-,14-12-,18-17-,24-21-,30-28-. The van der Waals surface area contributed by atoms with Crippen molar-refractivity contribution in [3.05, 3.63) is 60.8 Å². The molecule has 1 fully saturated rings. The van der Waals surface area contributed by atoms with Crippen LogP contribution in [0.2, 0.25) is 0 Å². The summed E-state index contributed by atoms with van der Waals surface area (Å²) in [5, 5.41) is 30.8. The Labute approximate surface area is 349 Å². The van der Waals surface area contributed by atoms with Crippen molar-refractivity contribution in [1.29, 1.82) is 0 Å². The number of allylic oxidation sites excluding steroid dienone is 10. The lowest BCUT2D eigenvalue weighted by Crippen LogP contribution is -2.60. The number of unbranched alkanes of at least 4 members (excludes halogenated alkanes) is 13. The molecule has 0 saturated carbocycles. The van der Waals surface area contributed by atoms with Crippen molar-refractivity contribution < 1.29 is 56.8 Å². The lowest BCUT2D eigenvalue weighted by molar-refractivity contribution is -0.297. The second kappa shape index (κ2) is 35.1. The molecule has 0 spiro atoms. The van der Waals surface area contributed by atoms with Gasteiger partial charge >= 0.3 is 11.9 Å². The summed E-state index contributed by atoms with van der Waals surface area (Å²) in [6.07, 6.45) is 32.9. The Morgan fingerprint density at radius 2 is 1.12 bits per heavy atom. The Bertz CT molecular complexity index is 1310. The number of esters is 2. The van der Waals surface area contributed by atoms with Crippen molar-refractivity contribution in [3.8, 4) is 0 Å². The van der Waals surface area contributed by atoms with Gasteiger partial charge in [-0.25, -0.2) is 0 Å². The molecule has 1 heterocycles. The van der Waals surface area contributed by atoms with Gasteiger partial charge in [0, 0.05) is 12.8 Å². The van der Waals surface area contributed by atoms with Crippen molar-refractivity contribution in [2.75, 3.05) is 19.0 Å². The largest absolute Gasteiger partial charge is 0.462 e. The van der Waals surface area contributed by atoms with E-state index in [-0.39, 0.29) is 19.4 Å². The molecule has 0 aromatic heterocycles. The average Bonchev–Trinajstić information content (AvgIpc) is 3.18. The third kappa shape index (κ3) is 29.5. The summed E-state index contributed by atoms with van der Waals surface area (Å²) < 4.78 is 53.9. The van der Waals surface area contributed by atoms with Gasteiger partial charge in [0.05, 0.1) is 6.61 Å². The minimum absolute atomic E-state index is 0.0402. The maximum absolute atomic E-state index is 12.7. The Balaban J connectivity index is 2.50. The fourth-order valence-corrected chi connectivity index (χ4v) is 6.90. The molecule has 334 valence electrons. The minimum Gasteiger partial charge on any atom is -0.462 e. The van der Waals surface area contributed by atoms with Crippen LogP contribution in [-0.2, 0) is 38.7 Å². The van der Waals surface area contributed by atoms with Crippen molar-refractivity contribution >= 4 is 22.1 Å². The van der Waals surface area contributed by atoms with Crippen LogP contribution in [0.4, 0.5) is 0 Å². The molecule has 13 heteroatoms. The number of ether oxygens (including phenoxy) is 4. The van der Waals surface area contributed by atoms with E-state index in [1.165, 1.54) is 57.8 Å². The SMILES string of the molecule is CC/C=C\C/C=C\C/C=C\C/C=C\CCC(=O)OC(COC(=O)CCCCCCCCC/C=C\CCCCCCCC)COC1OC(CS(=O)(=O)O)C(O)C(O)C1O. The number of hydrogen-bond acceptors (Lipinski definition) is 11. The number of hydrogen-bond donors (Lipinski definition) is 4. The zero-order valence-corrected chi connectivity index (χ0v) is 36.2. The summed E-state index contributed by atoms with van der Waals surface area (Å²) >= 11 is 0. The molecular formula is C45H76O12S. The summed E-state index contributed by atoms with van der Waals surface area (Å²) in [4.78, 5) is 25.3. The first-order valence-corrected chi connectivity index (χ1v) is 23.5. The van der Waals surface area contributed by atoms with Crippen molar-refractivity contribution in [3.63, 3.8) is 0 Å². The normalized spacial score (nSPS) is 21.0. The summed E-state index contributed by atoms with van der Waals surface area (Å²) in [5.41, 5.74) is 0. The maximum Gasteiger partial charge on any atom is 0.306 e. The molecule has 0 bridgehead atoms. The Kier molecular flexibility index (Phi) is 32.3. The van der Waals surface area contributed by atoms with E-state index in [0.29, 0.717) is 19.3 Å². The molecule has 0 aromatic carbocycles. The molecule has 12 nitrogen and oxygen atoms in total. The second-order valence-corrected chi connectivity index (χ2v) is 16.5. The van der Waals surface area contributed by atoms with Gasteiger partial charge in [0.1, 0.15) is 36.8 Å². The van der Waals surface area contributed by atoms with Gasteiger partial charge in [-0.15, -0.1) is 0 Å². The van der Waals surface area contributed by atoms with Gasteiger partial charge in [-0.2, -0.15) is 8.42 Å². The van der Waals surface area contributed by atoms with Crippen LogP contribution in [0, 0.1) is 0 Å². The minimum atomic E-state index is -4.61. The fraction of sp³-hybridized carbons (Fsp3) is 0.733.